The molecular formula is C21H25N5O. The number of likely N-dealkylation sites (N-methyl/N-ethyl adjacent to an activating group) is 1. The number of carbonyl (C=O) groups excluding carboxylic acids is 1. The normalized spacial score (nSPS) is 10.6. The van der Waals surface area contributed by atoms with Crippen molar-refractivity contribution in [3.05, 3.63) is 77.9 Å². The number of rotatable bonds is 8. The molecule has 1 heterocycles. The maximum Gasteiger partial charge on any atom is 0.251 e. The molecule has 0 fully saturated rings. The van der Waals surface area contributed by atoms with Gasteiger partial charge in [-0.3, -0.25) is 4.79 Å². The Morgan fingerprint density at radius 2 is 2.00 bits per heavy atom. The van der Waals surface area contributed by atoms with Crippen LogP contribution in [0, 0.1) is 6.92 Å². The van der Waals surface area contributed by atoms with E-state index in [4.69, 9.17) is 0 Å². The molecular weight excluding hydrogens is 338 g/mol. The zero-order chi connectivity index (χ0) is 19.1. The van der Waals surface area contributed by atoms with Gasteiger partial charge in [0.2, 0.25) is 0 Å². The molecule has 3 rings (SSSR count). The van der Waals surface area contributed by atoms with Gasteiger partial charge in [0.25, 0.3) is 5.91 Å². The Morgan fingerprint density at radius 3 is 2.67 bits per heavy atom. The SMILES string of the molecule is CCN(CCNC(=O)c1ccc(Cn2cncn2)cc1)c1cccc(C)c1. The average molecular weight is 363 g/mol. The summed E-state index contributed by atoms with van der Waals surface area (Å²) in [5.74, 6) is -0.0531. The highest BCUT2D eigenvalue weighted by molar-refractivity contribution is 5.94. The second-order valence-electron chi connectivity index (χ2n) is 6.46. The lowest BCUT2D eigenvalue weighted by molar-refractivity contribution is 0.0954. The number of hydrogen-bond acceptors (Lipinski definition) is 4. The van der Waals surface area contributed by atoms with Crippen molar-refractivity contribution in [3.63, 3.8) is 0 Å². The molecule has 0 spiro atoms. The molecule has 0 saturated carbocycles. The lowest BCUT2D eigenvalue weighted by atomic mass is 10.1. The minimum atomic E-state index is -0.0531. The topological polar surface area (TPSA) is 63.1 Å². The second kappa shape index (κ2) is 8.98. The molecule has 1 amide bonds. The number of aryl methyl sites for hydroxylation is 1. The molecule has 3 aromatic rings. The standard InChI is InChI=1S/C21H25N5O/c1-3-25(20-6-4-5-17(2)13-20)12-11-23-21(27)19-9-7-18(8-10-19)14-26-16-22-15-24-26/h4-10,13,15-16H,3,11-12,14H2,1-2H3,(H,23,27). The Hall–Kier alpha value is -3.15. The molecule has 2 aromatic carbocycles. The molecule has 0 unspecified atom stereocenters. The van der Waals surface area contributed by atoms with E-state index in [1.807, 2.05) is 24.3 Å². The Balaban J connectivity index is 1.51. The summed E-state index contributed by atoms with van der Waals surface area (Å²) in [7, 11) is 0. The number of carbonyl (C=O) groups is 1. The first kappa shape index (κ1) is 18.6. The molecule has 27 heavy (non-hydrogen) atoms. The van der Waals surface area contributed by atoms with Crippen molar-refractivity contribution in [2.45, 2.75) is 20.4 Å². The van der Waals surface area contributed by atoms with Crippen molar-refractivity contribution in [1.82, 2.24) is 20.1 Å². The zero-order valence-electron chi connectivity index (χ0n) is 15.8. The van der Waals surface area contributed by atoms with Gasteiger partial charge in [0.15, 0.2) is 0 Å². The monoisotopic (exact) mass is 363 g/mol. The third-order valence-corrected chi connectivity index (χ3v) is 4.44. The van der Waals surface area contributed by atoms with Crippen molar-refractivity contribution < 1.29 is 4.79 Å². The predicted molar refractivity (Wildman–Crippen MR) is 107 cm³/mol. The molecule has 1 N–H and O–H groups in total. The van der Waals surface area contributed by atoms with E-state index >= 15 is 0 Å². The van der Waals surface area contributed by atoms with Crippen LogP contribution in [0.4, 0.5) is 5.69 Å². The summed E-state index contributed by atoms with van der Waals surface area (Å²) in [6.45, 7) is 7.13. The van der Waals surface area contributed by atoms with Gasteiger partial charge in [-0.05, 0) is 49.2 Å². The van der Waals surface area contributed by atoms with E-state index in [0.717, 1.165) is 18.7 Å². The third-order valence-electron chi connectivity index (χ3n) is 4.44. The van der Waals surface area contributed by atoms with Crippen LogP contribution < -0.4 is 10.2 Å². The number of benzene rings is 2. The summed E-state index contributed by atoms with van der Waals surface area (Å²) < 4.78 is 1.75. The van der Waals surface area contributed by atoms with Crippen LogP contribution in [-0.4, -0.2) is 40.3 Å². The van der Waals surface area contributed by atoms with Crippen LogP contribution >= 0.6 is 0 Å². The van der Waals surface area contributed by atoms with Crippen LogP contribution in [0.5, 0.6) is 0 Å². The van der Waals surface area contributed by atoms with Gasteiger partial charge in [-0.1, -0.05) is 24.3 Å². The predicted octanol–water partition coefficient (Wildman–Crippen LogP) is 2.89. The van der Waals surface area contributed by atoms with Gasteiger partial charge >= 0.3 is 0 Å². The highest BCUT2D eigenvalue weighted by atomic mass is 16.1. The van der Waals surface area contributed by atoms with Crippen molar-refractivity contribution in [3.8, 4) is 0 Å². The molecule has 1 aromatic heterocycles. The molecule has 140 valence electrons. The van der Waals surface area contributed by atoms with Crippen LogP contribution in [-0.2, 0) is 6.54 Å². The van der Waals surface area contributed by atoms with Crippen LogP contribution in [0.25, 0.3) is 0 Å². The highest BCUT2D eigenvalue weighted by Gasteiger charge is 2.08. The maximum absolute atomic E-state index is 12.4. The fourth-order valence-electron chi connectivity index (χ4n) is 2.96. The van der Waals surface area contributed by atoms with E-state index in [1.54, 1.807) is 11.0 Å². The lowest BCUT2D eigenvalue weighted by Gasteiger charge is -2.23. The summed E-state index contributed by atoms with van der Waals surface area (Å²) in [5, 5.41) is 7.09. The van der Waals surface area contributed by atoms with Gasteiger partial charge in [-0.25, -0.2) is 9.67 Å². The molecule has 0 aliphatic rings. The minimum absolute atomic E-state index is 0.0531. The maximum atomic E-state index is 12.4. The van der Waals surface area contributed by atoms with Gasteiger partial charge in [0.1, 0.15) is 12.7 Å². The Kier molecular flexibility index (Phi) is 6.20. The van der Waals surface area contributed by atoms with Crippen LogP contribution in [0.15, 0.2) is 61.2 Å². The van der Waals surface area contributed by atoms with E-state index in [1.165, 1.54) is 17.6 Å². The first-order valence-electron chi connectivity index (χ1n) is 9.17. The molecule has 0 saturated heterocycles. The number of amides is 1. The molecule has 6 nitrogen and oxygen atoms in total. The quantitative estimate of drug-likeness (QED) is 0.668. The first-order chi connectivity index (χ1) is 13.2. The molecule has 0 aliphatic carbocycles. The Morgan fingerprint density at radius 1 is 1.19 bits per heavy atom. The van der Waals surface area contributed by atoms with Crippen molar-refractivity contribution in [1.29, 1.82) is 0 Å². The molecule has 0 aliphatic heterocycles. The molecule has 0 radical (unpaired) electrons. The van der Waals surface area contributed by atoms with Crippen LogP contribution in [0.1, 0.15) is 28.4 Å². The van der Waals surface area contributed by atoms with E-state index in [0.29, 0.717) is 18.7 Å². The fourth-order valence-corrected chi connectivity index (χ4v) is 2.96. The molecule has 0 atom stereocenters. The Labute approximate surface area is 159 Å². The fraction of sp³-hybridized carbons (Fsp3) is 0.286. The third kappa shape index (κ3) is 5.17. The first-order valence-corrected chi connectivity index (χ1v) is 9.17. The number of aromatic nitrogens is 3. The van der Waals surface area contributed by atoms with Gasteiger partial charge < -0.3 is 10.2 Å². The van der Waals surface area contributed by atoms with Gasteiger partial charge in [-0.15, -0.1) is 0 Å². The summed E-state index contributed by atoms with van der Waals surface area (Å²) in [4.78, 5) is 18.6. The van der Waals surface area contributed by atoms with Gasteiger partial charge in [-0.2, -0.15) is 5.10 Å². The van der Waals surface area contributed by atoms with E-state index in [2.05, 4.69) is 58.4 Å². The number of anilines is 1. The summed E-state index contributed by atoms with van der Waals surface area (Å²) in [6, 6.07) is 16.0. The average Bonchev–Trinajstić information content (AvgIpc) is 3.19. The highest BCUT2D eigenvalue weighted by Crippen LogP contribution is 2.15. The lowest BCUT2D eigenvalue weighted by Crippen LogP contribution is -2.35. The summed E-state index contributed by atoms with van der Waals surface area (Å²) in [6.07, 6.45) is 3.19. The van der Waals surface area contributed by atoms with Crippen molar-refractivity contribution in [2.24, 2.45) is 0 Å². The summed E-state index contributed by atoms with van der Waals surface area (Å²) >= 11 is 0. The molecule has 6 heteroatoms. The van der Waals surface area contributed by atoms with Crippen LogP contribution in [0.3, 0.4) is 0 Å². The second-order valence-corrected chi connectivity index (χ2v) is 6.46. The largest absolute Gasteiger partial charge is 0.370 e. The Bertz CT molecular complexity index is 859. The smallest absolute Gasteiger partial charge is 0.251 e. The number of nitrogens with zero attached hydrogens (tertiary/aromatic N) is 4. The van der Waals surface area contributed by atoms with Crippen LogP contribution in [0.2, 0.25) is 0 Å². The molecule has 0 bridgehead atoms. The van der Waals surface area contributed by atoms with Gasteiger partial charge in [0, 0.05) is 30.9 Å². The van der Waals surface area contributed by atoms with E-state index in [9.17, 15) is 4.79 Å². The van der Waals surface area contributed by atoms with Crippen molar-refractivity contribution in [2.75, 3.05) is 24.5 Å². The zero-order valence-corrected chi connectivity index (χ0v) is 15.8. The number of nitrogens with one attached hydrogen (secondary N) is 1. The minimum Gasteiger partial charge on any atom is -0.370 e. The van der Waals surface area contributed by atoms with Crippen molar-refractivity contribution >= 4 is 11.6 Å². The summed E-state index contributed by atoms with van der Waals surface area (Å²) in [5.41, 5.74) is 4.16. The van der Waals surface area contributed by atoms with E-state index < -0.39 is 0 Å². The van der Waals surface area contributed by atoms with Gasteiger partial charge in [0.05, 0.1) is 6.54 Å². The number of hydrogen-bond donors (Lipinski definition) is 1. The van der Waals surface area contributed by atoms with E-state index in [-0.39, 0.29) is 5.91 Å².